The topological polar surface area (TPSA) is 0 Å². The van der Waals surface area contributed by atoms with Gasteiger partial charge in [0.05, 0.1) is 0 Å². The molecule has 3 saturated carbocycles. The number of hydrogen-bond donors (Lipinski definition) is 0. The Morgan fingerprint density at radius 2 is 1.91 bits per heavy atom. The predicted octanol–water partition coefficient (Wildman–Crippen LogP) is 3.00. The van der Waals surface area contributed by atoms with E-state index >= 15 is 0 Å². The van der Waals surface area contributed by atoms with E-state index in [1.165, 1.54) is 19.3 Å². The molecule has 0 N–H and O–H groups in total. The summed E-state index contributed by atoms with van der Waals surface area (Å²) in [6.45, 7) is 4.22. The van der Waals surface area contributed by atoms with Crippen LogP contribution in [0.1, 0.15) is 32.1 Å². The van der Waals surface area contributed by atoms with Crippen molar-refractivity contribution in [1.82, 2.24) is 0 Å². The zero-order chi connectivity index (χ0) is 7.42. The zero-order valence-corrected chi connectivity index (χ0v) is 7.05. The second-order valence-electron chi connectivity index (χ2n) is 4.72. The fourth-order valence-electron chi connectivity index (χ4n) is 3.98. The van der Waals surface area contributed by atoms with Gasteiger partial charge in [-0.2, -0.15) is 0 Å². The third kappa shape index (κ3) is 0.660. The highest BCUT2D eigenvalue weighted by molar-refractivity contribution is 5.17. The molecule has 0 spiro atoms. The van der Waals surface area contributed by atoms with Gasteiger partial charge in [-0.3, -0.25) is 0 Å². The van der Waals surface area contributed by atoms with Crippen molar-refractivity contribution in [1.29, 1.82) is 0 Å². The van der Waals surface area contributed by atoms with Crippen molar-refractivity contribution in [3.8, 4) is 0 Å². The van der Waals surface area contributed by atoms with Crippen molar-refractivity contribution >= 4 is 0 Å². The maximum atomic E-state index is 4.22. The molecular weight excluding hydrogens is 132 g/mol. The molecule has 11 heavy (non-hydrogen) atoms. The first-order chi connectivity index (χ1) is 5.36. The van der Waals surface area contributed by atoms with Gasteiger partial charge in [-0.05, 0) is 55.8 Å². The highest BCUT2D eigenvalue weighted by Crippen LogP contribution is 2.60. The van der Waals surface area contributed by atoms with Crippen LogP contribution in [0.2, 0.25) is 0 Å². The van der Waals surface area contributed by atoms with Gasteiger partial charge in [-0.1, -0.05) is 12.2 Å². The van der Waals surface area contributed by atoms with E-state index < -0.39 is 0 Å². The van der Waals surface area contributed by atoms with Gasteiger partial charge in [-0.25, -0.2) is 0 Å². The summed E-state index contributed by atoms with van der Waals surface area (Å²) in [5.41, 5.74) is 1.60. The van der Waals surface area contributed by atoms with Crippen molar-refractivity contribution in [2.75, 3.05) is 0 Å². The summed E-state index contributed by atoms with van der Waals surface area (Å²) in [6, 6.07) is 0. The lowest BCUT2D eigenvalue weighted by Gasteiger charge is -2.24. The molecule has 0 aliphatic heterocycles. The van der Waals surface area contributed by atoms with Crippen LogP contribution in [0.15, 0.2) is 12.2 Å². The number of allylic oxidation sites excluding steroid dienone is 1. The molecule has 3 fully saturated rings. The smallest absolute Gasteiger partial charge is 0.0146 e. The molecule has 0 saturated heterocycles. The van der Waals surface area contributed by atoms with Crippen LogP contribution < -0.4 is 0 Å². The summed E-state index contributed by atoms with van der Waals surface area (Å²) in [5, 5.41) is 0. The van der Waals surface area contributed by atoms with Crippen molar-refractivity contribution in [2.45, 2.75) is 32.1 Å². The maximum Gasteiger partial charge on any atom is -0.0146 e. The van der Waals surface area contributed by atoms with Gasteiger partial charge in [-0.15, -0.1) is 0 Å². The molecule has 0 heteroatoms. The summed E-state index contributed by atoms with van der Waals surface area (Å²) in [5.74, 6) is 4.25. The van der Waals surface area contributed by atoms with E-state index in [2.05, 4.69) is 6.58 Å². The Morgan fingerprint density at radius 3 is 2.73 bits per heavy atom. The molecule has 4 atom stereocenters. The second-order valence-corrected chi connectivity index (χ2v) is 4.72. The van der Waals surface area contributed by atoms with E-state index in [0.717, 1.165) is 23.7 Å². The monoisotopic (exact) mass is 148 g/mol. The first-order valence-corrected chi connectivity index (χ1v) is 5.04. The van der Waals surface area contributed by atoms with Gasteiger partial charge < -0.3 is 0 Å². The minimum Gasteiger partial charge on any atom is -0.0996 e. The SMILES string of the molecule is C=C1CCC2C3CCC(C3)C12. The molecule has 0 nitrogen and oxygen atoms in total. The standard InChI is InChI=1S/C11H16/c1-7-2-5-10-8-3-4-9(6-8)11(7)10/h8-11H,1-6H2. The molecule has 0 amide bonds. The Labute approximate surface area is 68.7 Å². The fraction of sp³-hybridized carbons (Fsp3) is 0.818. The number of hydrogen-bond acceptors (Lipinski definition) is 0. The van der Waals surface area contributed by atoms with Crippen molar-refractivity contribution in [3.05, 3.63) is 12.2 Å². The molecule has 0 aromatic rings. The molecule has 3 rings (SSSR count). The van der Waals surface area contributed by atoms with Crippen LogP contribution in [0.5, 0.6) is 0 Å². The highest BCUT2D eigenvalue weighted by atomic mass is 14.5. The van der Waals surface area contributed by atoms with E-state index in [-0.39, 0.29) is 0 Å². The molecule has 60 valence electrons. The normalized spacial score (nSPS) is 53.6. The van der Waals surface area contributed by atoms with Crippen LogP contribution in [-0.4, -0.2) is 0 Å². The second kappa shape index (κ2) is 1.91. The lowest BCUT2D eigenvalue weighted by molar-refractivity contribution is 0.284. The Bertz CT molecular complexity index is 204. The van der Waals surface area contributed by atoms with Crippen molar-refractivity contribution in [2.24, 2.45) is 23.7 Å². The summed E-state index contributed by atoms with van der Waals surface area (Å²) in [7, 11) is 0. The van der Waals surface area contributed by atoms with Gasteiger partial charge in [0.2, 0.25) is 0 Å². The summed E-state index contributed by atoms with van der Waals surface area (Å²) < 4.78 is 0. The largest absolute Gasteiger partial charge is 0.0996 e. The lowest BCUT2D eigenvalue weighted by Crippen LogP contribution is -2.17. The predicted molar refractivity (Wildman–Crippen MR) is 46.2 cm³/mol. The molecule has 0 aromatic heterocycles. The van der Waals surface area contributed by atoms with Crippen LogP contribution in [0, 0.1) is 23.7 Å². The van der Waals surface area contributed by atoms with E-state index in [4.69, 9.17) is 0 Å². The van der Waals surface area contributed by atoms with E-state index in [1.807, 2.05) is 0 Å². The molecule has 0 radical (unpaired) electrons. The lowest BCUT2D eigenvalue weighted by atomic mass is 9.81. The Kier molecular flexibility index (Phi) is 1.09. The van der Waals surface area contributed by atoms with Crippen molar-refractivity contribution < 1.29 is 0 Å². The van der Waals surface area contributed by atoms with Gasteiger partial charge in [0.1, 0.15) is 0 Å². The molecule has 4 unspecified atom stereocenters. The van der Waals surface area contributed by atoms with Crippen LogP contribution in [0.3, 0.4) is 0 Å². The van der Waals surface area contributed by atoms with Crippen LogP contribution in [0.4, 0.5) is 0 Å². The van der Waals surface area contributed by atoms with E-state index in [9.17, 15) is 0 Å². The Morgan fingerprint density at radius 1 is 1.09 bits per heavy atom. The van der Waals surface area contributed by atoms with Gasteiger partial charge in [0, 0.05) is 0 Å². The van der Waals surface area contributed by atoms with Crippen LogP contribution in [-0.2, 0) is 0 Å². The highest BCUT2D eigenvalue weighted by Gasteiger charge is 2.50. The quantitative estimate of drug-likeness (QED) is 0.463. The summed E-state index contributed by atoms with van der Waals surface area (Å²) in [6.07, 6.45) is 7.44. The van der Waals surface area contributed by atoms with E-state index in [0.29, 0.717) is 0 Å². The third-order valence-electron chi connectivity index (χ3n) is 4.36. The minimum atomic E-state index is 0.980. The summed E-state index contributed by atoms with van der Waals surface area (Å²) >= 11 is 0. The zero-order valence-electron chi connectivity index (χ0n) is 7.05. The van der Waals surface area contributed by atoms with Gasteiger partial charge in [0.15, 0.2) is 0 Å². The molecule has 0 aromatic carbocycles. The first-order valence-electron chi connectivity index (χ1n) is 5.04. The Balaban J connectivity index is 1.97. The van der Waals surface area contributed by atoms with Gasteiger partial charge in [0.25, 0.3) is 0 Å². The van der Waals surface area contributed by atoms with Crippen LogP contribution in [0.25, 0.3) is 0 Å². The molecular formula is C11H16. The minimum absolute atomic E-state index is 0.980. The molecule has 3 aliphatic rings. The average molecular weight is 148 g/mol. The summed E-state index contributed by atoms with van der Waals surface area (Å²) in [4.78, 5) is 0. The maximum absolute atomic E-state index is 4.22. The fourth-order valence-corrected chi connectivity index (χ4v) is 3.98. The third-order valence-corrected chi connectivity index (χ3v) is 4.36. The Hall–Kier alpha value is -0.260. The molecule has 3 aliphatic carbocycles. The average Bonchev–Trinajstić information content (AvgIpc) is 2.60. The van der Waals surface area contributed by atoms with Gasteiger partial charge >= 0.3 is 0 Å². The molecule has 2 bridgehead atoms. The number of fused-ring (bicyclic) bond motifs is 5. The number of rotatable bonds is 0. The van der Waals surface area contributed by atoms with E-state index in [1.54, 1.807) is 18.4 Å². The van der Waals surface area contributed by atoms with Crippen LogP contribution >= 0.6 is 0 Å². The first kappa shape index (κ1) is 6.28. The molecule has 0 heterocycles. The van der Waals surface area contributed by atoms with Crippen molar-refractivity contribution in [3.63, 3.8) is 0 Å².